The van der Waals surface area contributed by atoms with Crippen LogP contribution in [0.3, 0.4) is 0 Å². The van der Waals surface area contributed by atoms with Crippen molar-refractivity contribution in [1.29, 1.82) is 0 Å². The smallest absolute Gasteiger partial charge is 0.0548 e. The highest BCUT2D eigenvalue weighted by atomic mass is 32.1. The van der Waals surface area contributed by atoms with Crippen molar-refractivity contribution in [2.24, 2.45) is 0 Å². The van der Waals surface area contributed by atoms with Crippen LogP contribution in [0.1, 0.15) is 0 Å². The van der Waals surface area contributed by atoms with Crippen molar-refractivity contribution < 1.29 is 0 Å². The van der Waals surface area contributed by atoms with Gasteiger partial charge in [-0.25, -0.2) is 0 Å². The second kappa shape index (κ2) is 12.5. The van der Waals surface area contributed by atoms with Gasteiger partial charge in [0.2, 0.25) is 0 Å². The normalized spacial score (nSPS) is 12.1. The lowest BCUT2D eigenvalue weighted by Crippen LogP contribution is -1.95. The Hall–Kier alpha value is -7.46. The van der Waals surface area contributed by atoms with Crippen molar-refractivity contribution in [3.63, 3.8) is 0 Å². The Balaban J connectivity index is 0.980. The molecule has 1 aliphatic carbocycles. The molecule has 3 heterocycles. The lowest BCUT2D eigenvalue weighted by molar-refractivity contribution is 1.18. The van der Waals surface area contributed by atoms with Gasteiger partial charge in [-0.3, -0.25) is 0 Å². The average Bonchev–Trinajstić information content (AvgIpc) is 3.95. The van der Waals surface area contributed by atoms with Crippen molar-refractivity contribution >= 4 is 65.0 Å². The number of hydrogen-bond acceptors (Lipinski definition) is 1. The van der Waals surface area contributed by atoms with Crippen LogP contribution in [-0.4, -0.2) is 9.13 Å². The van der Waals surface area contributed by atoms with E-state index in [2.05, 4.69) is 215 Å². The molecular formula is C56H34N2S. The monoisotopic (exact) mass is 766 g/mol. The lowest BCUT2D eigenvalue weighted by atomic mass is 9.90. The molecule has 3 aromatic heterocycles. The molecule has 0 atom stereocenters. The maximum atomic E-state index is 2.48. The van der Waals surface area contributed by atoms with E-state index < -0.39 is 0 Å². The first-order valence-corrected chi connectivity index (χ1v) is 21.1. The lowest BCUT2D eigenvalue weighted by Gasteiger charge is -2.15. The van der Waals surface area contributed by atoms with Gasteiger partial charge in [-0.2, -0.15) is 0 Å². The largest absolute Gasteiger partial charge is 0.309 e. The van der Waals surface area contributed by atoms with Crippen LogP contribution in [0.4, 0.5) is 0 Å². The Morgan fingerprint density at radius 2 is 0.831 bits per heavy atom. The molecular weight excluding hydrogens is 733 g/mol. The third-order valence-corrected chi connectivity index (χ3v) is 13.7. The number of fused-ring (bicyclic) bond motifs is 6. The fraction of sp³-hybridized carbons (Fsp3) is 0. The van der Waals surface area contributed by atoms with Crippen LogP contribution >= 0.6 is 11.3 Å². The number of rotatable bonds is 5. The van der Waals surface area contributed by atoms with Gasteiger partial charge in [-0.1, -0.05) is 146 Å². The van der Waals surface area contributed by atoms with E-state index in [4.69, 9.17) is 0 Å². The predicted octanol–water partition coefficient (Wildman–Crippen LogP) is 15.7. The molecule has 0 amide bonds. The van der Waals surface area contributed by atoms with E-state index in [1.807, 2.05) is 11.3 Å². The van der Waals surface area contributed by atoms with Gasteiger partial charge in [-0.05, 0) is 105 Å². The van der Waals surface area contributed by atoms with Crippen LogP contribution < -0.4 is 0 Å². The highest BCUT2D eigenvalue weighted by molar-refractivity contribution is 7.23. The Morgan fingerprint density at radius 3 is 1.49 bits per heavy atom. The molecule has 0 aliphatic heterocycles. The number of hydrogen-bond donors (Lipinski definition) is 0. The van der Waals surface area contributed by atoms with Crippen LogP contribution in [0, 0.1) is 0 Å². The number of benzene rings is 9. The molecule has 9 aromatic carbocycles. The van der Waals surface area contributed by atoms with Gasteiger partial charge in [0.1, 0.15) is 0 Å². The van der Waals surface area contributed by atoms with Crippen LogP contribution in [0.5, 0.6) is 0 Å². The van der Waals surface area contributed by atoms with Gasteiger partial charge < -0.3 is 9.13 Å². The van der Waals surface area contributed by atoms with Gasteiger partial charge in [0, 0.05) is 53.4 Å². The number of para-hydroxylation sites is 2. The SMILES string of the molecule is c1ccc(-c2ccc3c(c2)-c2cccc4c2c2c5c-3c(-c3ccccc3)sc5ccc2n4-c2ccc(-c3ccc(-n4c5ccccc5c5ccccc54)cc3)cc2)cc1. The van der Waals surface area contributed by atoms with Crippen LogP contribution in [0.2, 0.25) is 0 Å². The van der Waals surface area contributed by atoms with Gasteiger partial charge in [-0.15, -0.1) is 11.3 Å². The molecule has 13 rings (SSSR count). The molecule has 0 fully saturated rings. The average molecular weight is 767 g/mol. The van der Waals surface area contributed by atoms with Crippen molar-refractivity contribution in [1.82, 2.24) is 9.13 Å². The second-order valence-electron chi connectivity index (χ2n) is 15.6. The van der Waals surface area contributed by atoms with E-state index in [-0.39, 0.29) is 0 Å². The van der Waals surface area contributed by atoms with Crippen molar-refractivity contribution in [2.45, 2.75) is 0 Å². The van der Waals surface area contributed by atoms with E-state index in [1.54, 1.807) is 0 Å². The minimum atomic E-state index is 1.16. The van der Waals surface area contributed by atoms with E-state index in [0.717, 1.165) is 11.4 Å². The first-order valence-electron chi connectivity index (χ1n) is 20.3. The molecule has 0 unspecified atom stereocenters. The third-order valence-electron chi connectivity index (χ3n) is 12.5. The topological polar surface area (TPSA) is 9.86 Å². The molecule has 3 heteroatoms. The Kier molecular flexibility index (Phi) is 6.92. The summed E-state index contributed by atoms with van der Waals surface area (Å²) in [5.74, 6) is 0. The molecule has 59 heavy (non-hydrogen) atoms. The number of nitrogens with zero attached hydrogens (tertiary/aromatic N) is 2. The van der Waals surface area contributed by atoms with E-state index in [1.165, 1.54) is 109 Å². The van der Waals surface area contributed by atoms with Gasteiger partial charge in [0.05, 0.1) is 22.1 Å². The maximum absolute atomic E-state index is 2.48. The van der Waals surface area contributed by atoms with Crippen molar-refractivity contribution in [2.75, 3.05) is 0 Å². The summed E-state index contributed by atoms with van der Waals surface area (Å²) in [5, 5.41) is 6.57. The quantitative estimate of drug-likeness (QED) is 0.165. The zero-order chi connectivity index (χ0) is 38.6. The van der Waals surface area contributed by atoms with Crippen molar-refractivity contribution in [3.05, 3.63) is 206 Å². The summed E-state index contributed by atoms with van der Waals surface area (Å²) in [6.07, 6.45) is 0. The van der Waals surface area contributed by atoms with Crippen molar-refractivity contribution in [3.8, 4) is 66.3 Å². The zero-order valence-electron chi connectivity index (χ0n) is 31.9. The summed E-state index contributed by atoms with van der Waals surface area (Å²) < 4.78 is 6.18. The minimum absolute atomic E-state index is 1.16. The first kappa shape index (κ1) is 32.6. The first-order chi connectivity index (χ1) is 29.3. The van der Waals surface area contributed by atoms with Gasteiger partial charge in [0.15, 0.2) is 0 Å². The summed E-state index contributed by atoms with van der Waals surface area (Å²) in [7, 11) is 0. The summed E-state index contributed by atoms with van der Waals surface area (Å²) in [5.41, 5.74) is 18.5. The minimum Gasteiger partial charge on any atom is -0.309 e. The molecule has 0 bridgehead atoms. The highest BCUT2D eigenvalue weighted by Crippen LogP contribution is 2.55. The Bertz CT molecular complexity index is 3570. The molecule has 2 nitrogen and oxygen atoms in total. The number of aromatic nitrogens is 2. The van der Waals surface area contributed by atoms with E-state index in [0.29, 0.717) is 0 Å². The number of thiophene rings is 1. The molecule has 0 N–H and O–H groups in total. The van der Waals surface area contributed by atoms with E-state index in [9.17, 15) is 0 Å². The van der Waals surface area contributed by atoms with Gasteiger partial charge >= 0.3 is 0 Å². The second-order valence-corrected chi connectivity index (χ2v) is 16.7. The Labute approximate surface area is 345 Å². The molecule has 12 aromatic rings. The fourth-order valence-corrected chi connectivity index (χ4v) is 11.1. The van der Waals surface area contributed by atoms with Crippen LogP contribution in [0.25, 0.3) is 120 Å². The van der Waals surface area contributed by atoms with Crippen LogP contribution in [0.15, 0.2) is 206 Å². The summed E-state index contributed by atoms with van der Waals surface area (Å²) in [6.45, 7) is 0. The third kappa shape index (κ3) is 4.74. The Morgan fingerprint density at radius 1 is 0.305 bits per heavy atom. The summed E-state index contributed by atoms with van der Waals surface area (Å²) in [4.78, 5) is 1.32. The predicted molar refractivity (Wildman–Crippen MR) is 251 cm³/mol. The fourth-order valence-electron chi connectivity index (χ4n) is 9.89. The molecule has 0 spiro atoms. The molecule has 274 valence electrons. The molecule has 1 aliphatic rings. The molecule has 0 radical (unpaired) electrons. The zero-order valence-corrected chi connectivity index (χ0v) is 32.7. The van der Waals surface area contributed by atoms with Crippen LogP contribution in [-0.2, 0) is 0 Å². The molecule has 0 saturated heterocycles. The summed E-state index contributed by atoms with van der Waals surface area (Å²) in [6, 6.07) is 76.0. The maximum Gasteiger partial charge on any atom is 0.0548 e. The standard InChI is InChI=1S/C56H34N2S/c1-3-12-35(13-4-1)39-26-31-45-46(34-39)44-18-11-21-49-52(44)54-50(32-33-51-55(54)53(45)56(59-51)38-14-5-2-6-15-38)58(49)41-29-24-37(25-30-41)36-22-27-40(28-23-36)57-47-19-9-7-16-42(47)43-17-8-10-20-48(43)57/h1-34H. The molecule has 0 saturated carbocycles. The van der Waals surface area contributed by atoms with Gasteiger partial charge in [0.25, 0.3) is 0 Å². The summed E-state index contributed by atoms with van der Waals surface area (Å²) >= 11 is 1.91. The van der Waals surface area contributed by atoms with E-state index >= 15 is 0 Å². The highest BCUT2D eigenvalue weighted by Gasteiger charge is 2.29.